The van der Waals surface area contributed by atoms with Gasteiger partial charge in [0, 0.05) is 24.3 Å². The number of benzene rings is 1. The summed E-state index contributed by atoms with van der Waals surface area (Å²) in [6.45, 7) is 0.0254. The number of carbonyl (C=O) groups excluding carboxylic acids is 1. The lowest BCUT2D eigenvalue weighted by Gasteiger charge is -2.07. The maximum Gasteiger partial charge on any atom is 0.304 e. The number of thioether (sulfide) groups is 1. The van der Waals surface area contributed by atoms with Crippen LogP contribution in [0.25, 0.3) is 0 Å². The van der Waals surface area contributed by atoms with Gasteiger partial charge in [0.1, 0.15) is 6.61 Å². The third-order valence-corrected chi connectivity index (χ3v) is 3.25. The molecular weight excluding hydrogens is 266 g/mol. The fourth-order valence-electron chi connectivity index (χ4n) is 1.42. The summed E-state index contributed by atoms with van der Waals surface area (Å²) in [7, 11) is 1.47. The summed E-state index contributed by atoms with van der Waals surface area (Å²) in [4.78, 5) is 21.7. The van der Waals surface area contributed by atoms with Crippen molar-refractivity contribution in [3.05, 3.63) is 29.8 Å². The van der Waals surface area contributed by atoms with Crippen molar-refractivity contribution in [3.63, 3.8) is 0 Å². The number of hydrogen-bond acceptors (Lipinski definition) is 4. The average molecular weight is 283 g/mol. The Morgan fingerprint density at radius 1 is 1.42 bits per heavy atom. The molecule has 19 heavy (non-hydrogen) atoms. The zero-order valence-electron chi connectivity index (χ0n) is 10.7. The van der Waals surface area contributed by atoms with Crippen molar-refractivity contribution in [2.24, 2.45) is 0 Å². The van der Waals surface area contributed by atoms with E-state index in [-0.39, 0.29) is 18.9 Å². The topological polar surface area (TPSA) is 75.6 Å². The van der Waals surface area contributed by atoms with Crippen LogP contribution in [0.5, 0.6) is 0 Å². The second kappa shape index (κ2) is 8.55. The Kier molecular flexibility index (Phi) is 6.99. The zero-order valence-corrected chi connectivity index (χ0v) is 11.5. The van der Waals surface area contributed by atoms with E-state index in [1.807, 2.05) is 18.2 Å². The third-order valence-electron chi connectivity index (χ3n) is 2.22. The molecule has 0 spiro atoms. The number of carbonyl (C=O) groups is 2. The summed E-state index contributed by atoms with van der Waals surface area (Å²) in [5.74, 6) is 0.322. The molecule has 0 unspecified atom stereocenters. The zero-order chi connectivity index (χ0) is 14.1. The number of anilines is 1. The van der Waals surface area contributed by atoms with Crippen LogP contribution < -0.4 is 5.32 Å². The minimum absolute atomic E-state index is 0.0254. The Balaban J connectivity index is 2.43. The largest absolute Gasteiger partial charge is 0.481 e. The van der Waals surface area contributed by atoms with Crippen molar-refractivity contribution in [2.75, 3.05) is 24.8 Å². The van der Waals surface area contributed by atoms with Crippen molar-refractivity contribution >= 4 is 29.3 Å². The quantitative estimate of drug-likeness (QED) is 0.713. The first kappa shape index (κ1) is 15.5. The Bertz CT molecular complexity index is 436. The Morgan fingerprint density at radius 3 is 2.89 bits per heavy atom. The van der Waals surface area contributed by atoms with E-state index in [1.165, 1.54) is 7.11 Å². The van der Waals surface area contributed by atoms with Crippen molar-refractivity contribution < 1.29 is 19.4 Å². The van der Waals surface area contributed by atoms with Gasteiger partial charge in [-0.1, -0.05) is 12.1 Å². The molecule has 1 aromatic rings. The van der Waals surface area contributed by atoms with Crippen LogP contribution in [0.4, 0.5) is 5.69 Å². The van der Waals surface area contributed by atoms with Crippen molar-refractivity contribution in [3.8, 4) is 0 Å². The van der Waals surface area contributed by atoms with Crippen molar-refractivity contribution in [1.82, 2.24) is 0 Å². The molecule has 0 bridgehead atoms. The van der Waals surface area contributed by atoms with E-state index in [0.29, 0.717) is 5.75 Å². The smallest absolute Gasteiger partial charge is 0.304 e. The summed E-state index contributed by atoms with van der Waals surface area (Å²) in [5.41, 5.74) is 1.77. The minimum Gasteiger partial charge on any atom is -0.481 e. The summed E-state index contributed by atoms with van der Waals surface area (Å²) in [6, 6.07) is 7.48. The SMILES string of the molecule is COCC(=O)Nc1cccc(CSCCC(=O)O)c1. The van der Waals surface area contributed by atoms with Crippen molar-refractivity contribution in [2.45, 2.75) is 12.2 Å². The lowest BCUT2D eigenvalue weighted by atomic mass is 10.2. The number of rotatable bonds is 8. The number of amides is 1. The molecular formula is C13H17NO4S. The van der Waals surface area contributed by atoms with E-state index in [4.69, 9.17) is 9.84 Å². The Hall–Kier alpha value is -1.53. The fourth-order valence-corrected chi connectivity index (χ4v) is 2.30. The maximum absolute atomic E-state index is 11.4. The Morgan fingerprint density at radius 2 is 2.21 bits per heavy atom. The van der Waals surface area contributed by atoms with Crippen LogP contribution in [0.1, 0.15) is 12.0 Å². The highest BCUT2D eigenvalue weighted by Gasteiger charge is 2.03. The van der Waals surface area contributed by atoms with Crippen LogP contribution in [0.15, 0.2) is 24.3 Å². The van der Waals surface area contributed by atoms with Crippen LogP contribution in [-0.4, -0.2) is 36.5 Å². The monoisotopic (exact) mass is 283 g/mol. The first-order chi connectivity index (χ1) is 9.11. The highest BCUT2D eigenvalue weighted by molar-refractivity contribution is 7.98. The molecule has 5 nitrogen and oxygen atoms in total. The molecule has 0 atom stereocenters. The first-order valence-electron chi connectivity index (χ1n) is 5.79. The number of carboxylic acids is 1. The van der Waals surface area contributed by atoms with Crippen molar-refractivity contribution in [1.29, 1.82) is 0 Å². The average Bonchev–Trinajstić information content (AvgIpc) is 2.35. The minimum atomic E-state index is -0.784. The standard InChI is InChI=1S/C13H17NO4S/c1-18-8-12(15)14-11-4-2-3-10(7-11)9-19-6-5-13(16)17/h2-4,7H,5-6,8-9H2,1H3,(H,14,15)(H,16,17). The van der Waals surface area contributed by atoms with Gasteiger partial charge in [-0.15, -0.1) is 0 Å². The fraction of sp³-hybridized carbons (Fsp3) is 0.385. The molecule has 0 saturated heterocycles. The normalized spacial score (nSPS) is 10.2. The van der Waals surface area contributed by atoms with E-state index in [1.54, 1.807) is 17.8 Å². The molecule has 0 aromatic heterocycles. The number of carboxylic acid groups (broad SMARTS) is 1. The number of methoxy groups -OCH3 is 1. The van der Waals surface area contributed by atoms with Gasteiger partial charge in [-0.3, -0.25) is 9.59 Å². The molecule has 0 radical (unpaired) electrons. The van der Waals surface area contributed by atoms with Crippen LogP contribution in [0, 0.1) is 0 Å². The molecule has 0 aliphatic rings. The molecule has 1 aromatic carbocycles. The van der Waals surface area contributed by atoms with Crippen LogP contribution in [-0.2, 0) is 20.1 Å². The highest BCUT2D eigenvalue weighted by Crippen LogP contribution is 2.17. The number of hydrogen-bond donors (Lipinski definition) is 2. The summed E-state index contributed by atoms with van der Waals surface area (Å²) < 4.78 is 4.74. The Labute approximate surface area is 116 Å². The molecule has 2 N–H and O–H groups in total. The van der Waals surface area contributed by atoms with E-state index in [2.05, 4.69) is 5.32 Å². The van der Waals surface area contributed by atoms with E-state index in [9.17, 15) is 9.59 Å². The van der Waals surface area contributed by atoms with E-state index in [0.717, 1.165) is 17.0 Å². The maximum atomic E-state index is 11.4. The van der Waals surface area contributed by atoms with Gasteiger partial charge >= 0.3 is 5.97 Å². The predicted molar refractivity (Wildman–Crippen MR) is 75.4 cm³/mol. The molecule has 0 saturated carbocycles. The molecule has 6 heteroatoms. The number of ether oxygens (including phenoxy) is 1. The number of aliphatic carboxylic acids is 1. The molecule has 104 valence electrons. The molecule has 0 heterocycles. The van der Waals surface area contributed by atoms with Crippen LogP contribution >= 0.6 is 11.8 Å². The van der Waals surface area contributed by atoms with E-state index >= 15 is 0 Å². The van der Waals surface area contributed by atoms with Crippen LogP contribution in [0.2, 0.25) is 0 Å². The lowest BCUT2D eigenvalue weighted by molar-refractivity contribution is -0.136. The molecule has 0 aliphatic heterocycles. The van der Waals surface area contributed by atoms with E-state index < -0.39 is 5.97 Å². The molecule has 1 rings (SSSR count). The van der Waals surface area contributed by atoms with Gasteiger partial charge in [0.25, 0.3) is 0 Å². The number of nitrogens with one attached hydrogen (secondary N) is 1. The van der Waals surface area contributed by atoms with Gasteiger partial charge in [0.05, 0.1) is 6.42 Å². The summed E-state index contributed by atoms with van der Waals surface area (Å²) in [6.07, 6.45) is 0.162. The third kappa shape index (κ3) is 6.83. The van der Waals surface area contributed by atoms with Gasteiger partial charge < -0.3 is 15.2 Å². The molecule has 1 amide bonds. The van der Waals surface area contributed by atoms with Crippen LogP contribution in [0.3, 0.4) is 0 Å². The second-order valence-corrected chi connectivity index (χ2v) is 4.98. The highest BCUT2D eigenvalue weighted by atomic mass is 32.2. The van der Waals surface area contributed by atoms with Gasteiger partial charge in [-0.05, 0) is 17.7 Å². The second-order valence-electron chi connectivity index (χ2n) is 3.88. The van der Waals surface area contributed by atoms with Gasteiger partial charge in [0.2, 0.25) is 5.91 Å². The predicted octanol–water partition coefficient (Wildman–Crippen LogP) is 1.98. The lowest BCUT2D eigenvalue weighted by Crippen LogP contribution is -2.17. The molecule has 0 aliphatic carbocycles. The van der Waals surface area contributed by atoms with Gasteiger partial charge in [-0.2, -0.15) is 11.8 Å². The first-order valence-corrected chi connectivity index (χ1v) is 6.94. The van der Waals surface area contributed by atoms with Gasteiger partial charge in [-0.25, -0.2) is 0 Å². The summed E-state index contributed by atoms with van der Waals surface area (Å²) in [5, 5.41) is 11.3. The molecule has 0 fully saturated rings. The van der Waals surface area contributed by atoms with Gasteiger partial charge in [0.15, 0.2) is 0 Å². The summed E-state index contributed by atoms with van der Waals surface area (Å²) >= 11 is 1.55.